The summed E-state index contributed by atoms with van der Waals surface area (Å²) < 4.78 is 11.0. The number of piperidine rings is 1. The highest BCUT2D eigenvalue weighted by molar-refractivity contribution is 5.90. The van der Waals surface area contributed by atoms with E-state index in [-0.39, 0.29) is 5.91 Å². The number of nitriles is 1. The van der Waals surface area contributed by atoms with Crippen LogP contribution in [0.1, 0.15) is 43.7 Å². The van der Waals surface area contributed by atoms with Crippen LogP contribution in [-0.2, 0) is 11.3 Å². The maximum absolute atomic E-state index is 12.2. The third kappa shape index (κ3) is 7.01. The molecule has 31 heavy (non-hydrogen) atoms. The number of methoxy groups -OCH3 is 1. The van der Waals surface area contributed by atoms with Crippen molar-refractivity contribution in [2.24, 2.45) is 5.92 Å². The van der Waals surface area contributed by atoms with Gasteiger partial charge in [-0.3, -0.25) is 9.69 Å². The van der Waals surface area contributed by atoms with Crippen LogP contribution in [0.5, 0.6) is 11.5 Å². The van der Waals surface area contributed by atoms with Crippen LogP contribution in [0.3, 0.4) is 0 Å². The molecule has 6 nitrogen and oxygen atoms in total. The average Bonchev–Trinajstić information content (AvgIpc) is 2.79. The van der Waals surface area contributed by atoms with Crippen LogP contribution in [-0.4, -0.2) is 37.6 Å². The lowest BCUT2D eigenvalue weighted by Gasteiger charge is -2.30. The van der Waals surface area contributed by atoms with Crippen LogP contribution in [0.4, 0.5) is 5.69 Å². The smallest absolute Gasteiger partial charge is 0.224 e. The van der Waals surface area contributed by atoms with Gasteiger partial charge in [-0.25, -0.2) is 0 Å². The lowest BCUT2D eigenvalue weighted by atomic mass is 9.99. The van der Waals surface area contributed by atoms with Gasteiger partial charge in [0.1, 0.15) is 0 Å². The molecule has 3 rings (SSSR count). The number of ether oxygens (including phenoxy) is 2. The Balaban J connectivity index is 1.38. The average molecular weight is 422 g/mol. The van der Waals surface area contributed by atoms with E-state index in [2.05, 4.69) is 35.3 Å². The zero-order valence-corrected chi connectivity index (χ0v) is 18.4. The number of nitrogens with zero attached hydrogens (tertiary/aromatic N) is 2. The number of carbonyl (C=O) groups is 1. The van der Waals surface area contributed by atoms with Gasteiger partial charge in [-0.2, -0.15) is 5.26 Å². The van der Waals surface area contributed by atoms with Crippen LogP contribution in [0.25, 0.3) is 0 Å². The minimum atomic E-state index is -0.0341. The summed E-state index contributed by atoms with van der Waals surface area (Å²) >= 11 is 0. The topological polar surface area (TPSA) is 74.6 Å². The molecule has 0 saturated carbocycles. The molecule has 2 aromatic carbocycles. The number of benzene rings is 2. The van der Waals surface area contributed by atoms with E-state index < -0.39 is 0 Å². The van der Waals surface area contributed by atoms with E-state index in [1.54, 1.807) is 18.2 Å². The fourth-order valence-corrected chi connectivity index (χ4v) is 3.67. The van der Waals surface area contributed by atoms with Gasteiger partial charge in [0, 0.05) is 24.7 Å². The molecule has 0 spiro atoms. The Morgan fingerprint density at radius 2 is 1.90 bits per heavy atom. The van der Waals surface area contributed by atoms with Crippen molar-refractivity contribution in [3.8, 4) is 17.6 Å². The Bertz CT molecular complexity index is 897. The third-order valence-corrected chi connectivity index (χ3v) is 5.62. The first-order valence-electron chi connectivity index (χ1n) is 10.9. The number of likely N-dealkylation sites (tertiary alicyclic amines) is 1. The van der Waals surface area contributed by atoms with Gasteiger partial charge >= 0.3 is 0 Å². The maximum Gasteiger partial charge on any atom is 0.224 e. The van der Waals surface area contributed by atoms with Crippen LogP contribution in [0.15, 0.2) is 42.5 Å². The summed E-state index contributed by atoms with van der Waals surface area (Å²) in [6, 6.07) is 15.2. The van der Waals surface area contributed by atoms with Gasteiger partial charge in [0.15, 0.2) is 11.5 Å². The molecular weight excluding hydrogens is 390 g/mol. The van der Waals surface area contributed by atoms with Gasteiger partial charge in [0.05, 0.1) is 25.3 Å². The SMILES string of the molecule is COc1cc(C#N)ccc1OCCCC(=O)Nc1ccc(CN2CCC(C)CC2)cc1. The number of rotatable bonds is 9. The highest BCUT2D eigenvalue weighted by atomic mass is 16.5. The molecule has 1 aliphatic heterocycles. The Kier molecular flexibility index (Phi) is 8.31. The maximum atomic E-state index is 12.2. The van der Waals surface area contributed by atoms with Gasteiger partial charge < -0.3 is 14.8 Å². The minimum absolute atomic E-state index is 0.0341. The van der Waals surface area contributed by atoms with Crippen molar-refractivity contribution in [2.45, 2.75) is 39.2 Å². The number of hydrogen-bond acceptors (Lipinski definition) is 5. The molecule has 2 aromatic rings. The Labute approximate surface area is 184 Å². The molecular formula is C25H31N3O3. The number of carbonyl (C=O) groups excluding carboxylic acids is 1. The van der Waals surface area contributed by atoms with Crippen molar-refractivity contribution in [2.75, 3.05) is 32.1 Å². The summed E-state index contributed by atoms with van der Waals surface area (Å²) in [6.45, 7) is 6.01. The first-order chi connectivity index (χ1) is 15.1. The predicted molar refractivity (Wildman–Crippen MR) is 121 cm³/mol. The summed E-state index contributed by atoms with van der Waals surface area (Å²) in [5.74, 6) is 1.89. The standard InChI is InChI=1S/C25H31N3O3/c1-19-11-13-28(14-12-19)18-20-5-8-22(9-6-20)27-25(29)4-3-15-31-23-10-7-21(17-26)16-24(23)30-2/h5-10,16,19H,3-4,11-15,18H2,1-2H3,(H,27,29). The van der Waals surface area contributed by atoms with Crippen molar-refractivity contribution in [1.82, 2.24) is 4.90 Å². The van der Waals surface area contributed by atoms with Gasteiger partial charge in [0.25, 0.3) is 0 Å². The molecule has 0 aromatic heterocycles. The van der Waals surface area contributed by atoms with Crippen molar-refractivity contribution in [1.29, 1.82) is 5.26 Å². The largest absolute Gasteiger partial charge is 0.493 e. The van der Waals surface area contributed by atoms with E-state index in [0.717, 1.165) is 31.2 Å². The number of nitrogens with one attached hydrogen (secondary N) is 1. The molecule has 0 unspecified atom stereocenters. The monoisotopic (exact) mass is 421 g/mol. The van der Waals surface area contributed by atoms with E-state index in [9.17, 15) is 4.79 Å². The highest BCUT2D eigenvalue weighted by Gasteiger charge is 2.15. The molecule has 0 atom stereocenters. The number of amides is 1. The fraction of sp³-hybridized carbons (Fsp3) is 0.440. The van der Waals surface area contributed by atoms with E-state index >= 15 is 0 Å². The summed E-state index contributed by atoms with van der Waals surface area (Å²) in [4.78, 5) is 14.7. The molecule has 164 valence electrons. The van der Waals surface area contributed by atoms with Crippen molar-refractivity contribution in [3.63, 3.8) is 0 Å². The van der Waals surface area contributed by atoms with Crippen molar-refractivity contribution < 1.29 is 14.3 Å². The van der Waals surface area contributed by atoms with E-state index in [0.29, 0.717) is 36.5 Å². The summed E-state index contributed by atoms with van der Waals surface area (Å²) in [5.41, 5.74) is 2.60. The van der Waals surface area contributed by atoms with Crippen LogP contribution in [0, 0.1) is 17.2 Å². The first-order valence-corrected chi connectivity index (χ1v) is 10.9. The molecule has 6 heteroatoms. The summed E-state index contributed by atoms with van der Waals surface area (Å²) in [6.07, 6.45) is 3.50. The molecule has 1 fully saturated rings. The van der Waals surface area contributed by atoms with Crippen LogP contribution >= 0.6 is 0 Å². The molecule has 1 heterocycles. The second-order valence-electron chi connectivity index (χ2n) is 8.13. The quantitative estimate of drug-likeness (QED) is 0.599. The molecule has 0 bridgehead atoms. The first kappa shape index (κ1) is 22.6. The van der Waals surface area contributed by atoms with Crippen molar-refractivity contribution >= 4 is 11.6 Å². The molecule has 1 N–H and O–H groups in total. The Morgan fingerprint density at radius 3 is 2.58 bits per heavy atom. The predicted octanol–water partition coefficient (Wildman–Crippen LogP) is 4.60. The van der Waals surface area contributed by atoms with E-state index in [4.69, 9.17) is 14.7 Å². The number of anilines is 1. The highest BCUT2D eigenvalue weighted by Crippen LogP contribution is 2.28. The van der Waals surface area contributed by atoms with Gasteiger partial charge in [-0.1, -0.05) is 19.1 Å². The van der Waals surface area contributed by atoms with Crippen LogP contribution in [0.2, 0.25) is 0 Å². The normalized spacial score (nSPS) is 14.6. The lowest BCUT2D eigenvalue weighted by molar-refractivity contribution is -0.116. The summed E-state index contributed by atoms with van der Waals surface area (Å²) in [5, 5.41) is 11.9. The Hall–Kier alpha value is -3.04. The van der Waals surface area contributed by atoms with E-state index in [1.807, 2.05) is 12.1 Å². The van der Waals surface area contributed by atoms with Gasteiger partial charge in [-0.05, 0) is 68.1 Å². The Morgan fingerprint density at radius 1 is 1.16 bits per heavy atom. The molecule has 1 aliphatic rings. The van der Waals surface area contributed by atoms with Gasteiger partial charge in [0.2, 0.25) is 5.91 Å². The van der Waals surface area contributed by atoms with Crippen LogP contribution < -0.4 is 14.8 Å². The van der Waals surface area contributed by atoms with E-state index in [1.165, 1.54) is 25.5 Å². The molecule has 1 saturated heterocycles. The molecule has 0 aliphatic carbocycles. The number of hydrogen-bond donors (Lipinski definition) is 1. The summed E-state index contributed by atoms with van der Waals surface area (Å²) in [7, 11) is 1.54. The zero-order chi connectivity index (χ0) is 22.1. The van der Waals surface area contributed by atoms with Gasteiger partial charge in [-0.15, -0.1) is 0 Å². The lowest BCUT2D eigenvalue weighted by Crippen LogP contribution is -2.32. The minimum Gasteiger partial charge on any atom is -0.493 e. The zero-order valence-electron chi connectivity index (χ0n) is 18.4. The second kappa shape index (κ2) is 11.4. The third-order valence-electron chi connectivity index (χ3n) is 5.62. The second-order valence-corrected chi connectivity index (χ2v) is 8.13. The molecule has 0 radical (unpaired) electrons. The molecule has 1 amide bonds. The fourth-order valence-electron chi connectivity index (χ4n) is 3.67. The van der Waals surface area contributed by atoms with Crippen molar-refractivity contribution in [3.05, 3.63) is 53.6 Å².